The Hall–Kier alpha value is -0.780. The molecule has 0 aromatic heterocycles. The van der Waals surface area contributed by atoms with Crippen molar-refractivity contribution in [2.24, 2.45) is 17.6 Å². The van der Waals surface area contributed by atoms with Crippen LogP contribution in [0.5, 0.6) is 0 Å². The van der Waals surface area contributed by atoms with Crippen LogP contribution in [-0.4, -0.2) is 36.1 Å². The van der Waals surface area contributed by atoms with E-state index in [1.54, 1.807) is 4.90 Å². The van der Waals surface area contributed by atoms with E-state index in [0.717, 1.165) is 0 Å². The van der Waals surface area contributed by atoms with Gasteiger partial charge in [0.25, 0.3) is 0 Å². The minimum atomic E-state index is -4.19. The lowest BCUT2D eigenvalue weighted by Crippen LogP contribution is -2.45. The van der Waals surface area contributed by atoms with Crippen molar-refractivity contribution in [2.45, 2.75) is 51.7 Å². The van der Waals surface area contributed by atoms with Crippen molar-refractivity contribution in [3.8, 4) is 0 Å². The number of carbonyl (C=O) groups is 1. The van der Waals surface area contributed by atoms with Gasteiger partial charge in [0.15, 0.2) is 0 Å². The van der Waals surface area contributed by atoms with Crippen LogP contribution in [0, 0.1) is 11.8 Å². The molecule has 2 unspecified atom stereocenters. The molecule has 112 valence electrons. The summed E-state index contributed by atoms with van der Waals surface area (Å²) in [5, 5.41) is 0. The summed E-state index contributed by atoms with van der Waals surface area (Å²) in [5.74, 6) is -2.01. The smallest absolute Gasteiger partial charge is 0.339 e. The minimum absolute atomic E-state index is 0.0256. The lowest BCUT2D eigenvalue weighted by molar-refractivity contribution is -0.187. The van der Waals surface area contributed by atoms with E-state index in [2.05, 4.69) is 0 Å². The molecule has 0 bridgehead atoms. The van der Waals surface area contributed by atoms with E-state index in [1.807, 2.05) is 13.8 Å². The average molecular weight is 280 g/mol. The molecule has 3 nitrogen and oxygen atoms in total. The Morgan fingerprint density at radius 3 is 2.47 bits per heavy atom. The van der Waals surface area contributed by atoms with E-state index >= 15 is 0 Å². The monoisotopic (exact) mass is 280 g/mol. The molecular weight excluding hydrogens is 257 g/mol. The van der Waals surface area contributed by atoms with E-state index in [9.17, 15) is 18.0 Å². The van der Waals surface area contributed by atoms with E-state index in [0.29, 0.717) is 25.9 Å². The second kappa shape index (κ2) is 6.59. The van der Waals surface area contributed by atoms with E-state index in [4.69, 9.17) is 5.73 Å². The molecule has 0 spiro atoms. The Bertz CT molecular complexity index is 305. The molecule has 1 fully saturated rings. The number of amides is 1. The number of hydrogen-bond acceptors (Lipinski definition) is 2. The highest BCUT2D eigenvalue weighted by Crippen LogP contribution is 2.40. The van der Waals surface area contributed by atoms with Crippen LogP contribution in [0.3, 0.4) is 0 Å². The molecule has 0 aromatic rings. The van der Waals surface area contributed by atoms with Crippen LogP contribution in [0.1, 0.15) is 39.5 Å². The molecule has 2 N–H and O–H groups in total. The fourth-order valence-corrected chi connectivity index (χ4v) is 2.71. The first-order chi connectivity index (χ1) is 8.77. The van der Waals surface area contributed by atoms with Crippen LogP contribution in [0.2, 0.25) is 0 Å². The summed E-state index contributed by atoms with van der Waals surface area (Å²) >= 11 is 0. The van der Waals surface area contributed by atoms with Crippen molar-refractivity contribution >= 4 is 5.91 Å². The Morgan fingerprint density at radius 2 is 2.00 bits per heavy atom. The number of rotatable bonds is 4. The molecule has 0 radical (unpaired) electrons. The number of carbonyl (C=O) groups excluding carboxylic acids is 1. The largest absolute Gasteiger partial charge is 0.391 e. The predicted octanol–water partition coefficient (Wildman–Crippen LogP) is 2.55. The van der Waals surface area contributed by atoms with Gasteiger partial charge in [-0.1, -0.05) is 6.42 Å². The number of nitrogens with two attached hydrogens (primary N) is 1. The first-order valence-corrected chi connectivity index (χ1v) is 6.84. The summed E-state index contributed by atoms with van der Waals surface area (Å²) in [5.41, 5.74) is 5.46. The van der Waals surface area contributed by atoms with Gasteiger partial charge in [0.2, 0.25) is 5.91 Å². The Balaban J connectivity index is 2.70. The number of hydrogen-bond donors (Lipinski definition) is 1. The summed E-state index contributed by atoms with van der Waals surface area (Å²) in [6.07, 6.45) is -3.09. The first kappa shape index (κ1) is 16.3. The third-order valence-electron chi connectivity index (χ3n) is 3.76. The fourth-order valence-electron chi connectivity index (χ4n) is 2.71. The number of nitrogens with zero attached hydrogens (tertiary/aromatic N) is 1. The van der Waals surface area contributed by atoms with Crippen LogP contribution in [0.25, 0.3) is 0 Å². The van der Waals surface area contributed by atoms with Gasteiger partial charge in [0, 0.05) is 25.0 Å². The highest BCUT2D eigenvalue weighted by molar-refractivity contribution is 5.79. The molecule has 0 aliphatic heterocycles. The summed E-state index contributed by atoms with van der Waals surface area (Å²) in [6.45, 7) is 4.46. The van der Waals surface area contributed by atoms with Crippen molar-refractivity contribution in [3.63, 3.8) is 0 Å². The lowest BCUT2D eigenvalue weighted by atomic mass is 9.80. The summed E-state index contributed by atoms with van der Waals surface area (Å²) in [7, 11) is 0. The van der Waals surface area contributed by atoms with Gasteiger partial charge in [-0.15, -0.1) is 0 Å². The molecule has 19 heavy (non-hydrogen) atoms. The Kier molecular flexibility index (Phi) is 5.64. The SMILES string of the molecule is CC(C)N(CCN)C(=O)C1CCCC(C(F)(F)F)C1. The van der Waals surface area contributed by atoms with Gasteiger partial charge >= 0.3 is 6.18 Å². The minimum Gasteiger partial charge on any atom is -0.339 e. The van der Waals surface area contributed by atoms with Crippen LogP contribution in [0.4, 0.5) is 13.2 Å². The van der Waals surface area contributed by atoms with Crippen molar-refractivity contribution in [1.82, 2.24) is 4.90 Å². The third kappa shape index (κ3) is 4.37. The number of alkyl halides is 3. The van der Waals surface area contributed by atoms with Crippen molar-refractivity contribution in [3.05, 3.63) is 0 Å². The highest BCUT2D eigenvalue weighted by atomic mass is 19.4. The zero-order valence-electron chi connectivity index (χ0n) is 11.5. The first-order valence-electron chi connectivity index (χ1n) is 6.84. The van der Waals surface area contributed by atoms with E-state index < -0.39 is 18.0 Å². The topological polar surface area (TPSA) is 46.3 Å². The quantitative estimate of drug-likeness (QED) is 0.860. The zero-order valence-corrected chi connectivity index (χ0v) is 11.5. The van der Waals surface area contributed by atoms with Crippen molar-refractivity contribution in [1.29, 1.82) is 0 Å². The molecular formula is C13H23F3N2O. The molecule has 0 aromatic carbocycles. The van der Waals surface area contributed by atoms with Gasteiger partial charge < -0.3 is 10.6 Å². The lowest BCUT2D eigenvalue weighted by Gasteiger charge is -2.35. The summed E-state index contributed by atoms with van der Waals surface area (Å²) in [6, 6.07) is -0.0256. The van der Waals surface area contributed by atoms with Crippen LogP contribution in [-0.2, 0) is 4.79 Å². The Labute approximate surface area is 112 Å². The maximum Gasteiger partial charge on any atom is 0.391 e. The molecule has 1 aliphatic carbocycles. The number of halogens is 3. The maximum absolute atomic E-state index is 12.7. The van der Waals surface area contributed by atoms with Crippen molar-refractivity contribution in [2.75, 3.05) is 13.1 Å². The van der Waals surface area contributed by atoms with Gasteiger partial charge in [-0.25, -0.2) is 0 Å². The normalized spacial score (nSPS) is 24.6. The van der Waals surface area contributed by atoms with Gasteiger partial charge in [-0.2, -0.15) is 13.2 Å². The van der Waals surface area contributed by atoms with Gasteiger partial charge in [0.05, 0.1) is 5.92 Å². The van der Waals surface area contributed by atoms with Crippen LogP contribution < -0.4 is 5.73 Å². The third-order valence-corrected chi connectivity index (χ3v) is 3.76. The fraction of sp³-hybridized carbons (Fsp3) is 0.923. The van der Waals surface area contributed by atoms with Gasteiger partial charge in [-0.3, -0.25) is 4.79 Å². The molecule has 1 amide bonds. The average Bonchev–Trinajstić information content (AvgIpc) is 2.34. The summed E-state index contributed by atoms with van der Waals surface area (Å²) in [4.78, 5) is 13.9. The van der Waals surface area contributed by atoms with E-state index in [1.165, 1.54) is 0 Å². The van der Waals surface area contributed by atoms with Crippen molar-refractivity contribution < 1.29 is 18.0 Å². The summed E-state index contributed by atoms with van der Waals surface area (Å²) < 4.78 is 38.2. The maximum atomic E-state index is 12.7. The molecule has 0 heterocycles. The molecule has 1 saturated carbocycles. The Morgan fingerprint density at radius 1 is 1.37 bits per heavy atom. The molecule has 1 aliphatic rings. The molecule has 2 atom stereocenters. The zero-order chi connectivity index (χ0) is 14.6. The second-order valence-electron chi connectivity index (χ2n) is 5.52. The van der Waals surface area contributed by atoms with Crippen LogP contribution >= 0.6 is 0 Å². The van der Waals surface area contributed by atoms with Crippen LogP contribution in [0.15, 0.2) is 0 Å². The predicted molar refractivity (Wildman–Crippen MR) is 67.4 cm³/mol. The van der Waals surface area contributed by atoms with Gasteiger partial charge in [-0.05, 0) is 33.1 Å². The molecule has 6 heteroatoms. The van der Waals surface area contributed by atoms with E-state index in [-0.39, 0.29) is 24.8 Å². The molecule has 0 saturated heterocycles. The molecule has 1 rings (SSSR count). The standard InChI is InChI=1S/C13H23F3N2O/c1-9(2)18(7-6-17)12(19)10-4-3-5-11(8-10)13(14,15)16/h9-11H,3-8,17H2,1-2H3. The highest BCUT2D eigenvalue weighted by Gasteiger charge is 2.44. The van der Waals surface area contributed by atoms with Gasteiger partial charge in [0.1, 0.15) is 0 Å². The second-order valence-corrected chi connectivity index (χ2v) is 5.52.